The number of anilines is 1. The highest BCUT2D eigenvalue weighted by molar-refractivity contribution is 6.31. The normalized spacial score (nSPS) is 12.8. The lowest BCUT2D eigenvalue weighted by Crippen LogP contribution is -2.31. The molecule has 0 spiro atoms. The van der Waals surface area contributed by atoms with Crippen molar-refractivity contribution in [2.75, 3.05) is 11.4 Å². The van der Waals surface area contributed by atoms with E-state index in [4.69, 9.17) is 17.3 Å². The molecule has 3 heteroatoms. The highest BCUT2D eigenvalue weighted by Crippen LogP contribution is 2.26. The molecule has 0 saturated carbocycles. The van der Waals surface area contributed by atoms with E-state index in [1.54, 1.807) is 0 Å². The third-order valence-electron chi connectivity index (χ3n) is 3.46. The van der Waals surface area contributed by atoms with E-state index < -0.39 is 0 Å². The average Bonchev–Trinajstić information content (AvgIpc) is 2.37. The Balaban J connectivity index is 2.91. The zero-order valence-corrected chi connectivity index (χ0v) is 13.4. The Hall–Kier alpha value is -0.730. The summed E-state index contributed by atoms with van der Waals surface area (Å²) in [5, 5.41) is 0.836. The summed E-state index contributed by atoms with van der Waals surface area (Å²) < 4.78 is 0. The largest absolute Gasteiger partial charge is 0.369 e. The van der Waals surface area contributed by atoms with Gasteiger partial charge in [-0.25, -0.2) is 0 Å². The van der Waals surface area contributed by atoms with Crippen LogP contribution in [0.15, 0.2) is 18.2 Å². The van der Waals surface area contributed by atoms with Crippen LogP contribution in [0.1, 0.15) is 46.1 Å². The number of nitrogens with zero attached hydrogens (tertiary/aromatic N) is 1. The zero-order valence-electron chi connectivity index (χ0n) is 12.6. The summed E-state index contributed by atoms with van der Waals surface area (Å²) in [6.07, 6.45) is 2.97. The molecule has 0 fully saturated rings. The predicted octanol–water partition coefficient (Wildman–Crippen LogP) is 4.24. The van der Waals surface area contributed by atoms with E-state index in [9.17, 15) is 0 Å². The van der Waals surface area contributed by atoms with Gasteiger partial charge < -0.3 is 10.6 Å². The fourth-order valence-electron chi connectivity index (χ4n) is 2.23. The Labute approximate surface area is 122 Å². The molecule has 0 saturated heterocycles. The van der Waals surface area contributed by atoms with Crippen molar-refractivity contribution in [3.05, 3.63) is 28.8 Å². The molecule has 2 nitrogen and oxygen atoms in total. The van der Waals surface area contributed by atoms with Crippen LogP contribution >= 0.6 is 11.6 Å². The lowest BCUT2D eigenvalue weighted by Gasteiger charge is -2.29. The fourth-order valence-corrected chi connectivity index (χ4v) is 2.49. The standard InChI is InChI=1S/C16H27ClN2/c1-5-9-19(12(3)4)15-8-7-13(16(17)11-15)10-14(18)6-2/h7-8,11-12,14H,5-6,9-10,18H2,1-4H3. The molecule has 108 valence electrons. The van der Waals surface area contributed by atoms with Crippen LogP contribution < -0.4 is 10.6 Å². The Morgan fingerprint density at radius 3 is 2.42 bits per heavy atom. The molecule has 0 radical (unpaired) electrons. The van der Waals surface area contributed by atoms with Gasteiger partial charge in [-0.15, -0.1) is 0 Å². The minimum atomic E-state index is 0.195. The maximum absolute atomic E-state index is 6.40. The van der Waals surface area contributed by atoms with E-state index in [1.165, 1.54) is 5.69 Å². The lowest BCUT2D eigenvalue weighted by atomic mass is 10.0. The second-order valence-electron chi connectivity index (χ2n) is 5.44. The van der Waals surface area contributed by atoms with Crippen molar-refractivity contribution in [2.45, 2.75) is 59.0 Å². The van der Waals surface area contributed by atoms with Crippen molar-refractivity contribution in [2.24, 2.45) is 5.73 Å². The van der Waals surface area contributed by atoms with Gasteiger partial charge in [0.15, 0.2) is 0 Å². The lowest BCUT2D eigenvalue weighted by molar-refractivity contribution is 0.645. The van der Waals surface area contributed by atoms with Crippen LogP contribution in [0.4, 0.5) is 5.69 Å². The molecular formula is C16H27ClN2. The molecule has 1 aromatic rings. The van der Waals surface area contributed by atoms with Crippen LogP contribution in [0.2, 0.25) is 5.02 Å². The molecule has 2 N–H and O–H groups in total. The molecule has 1 atom stereocenters. The summed E-state index contributed by atoms with van der Waals surface area (Å²) in [7, 11) is 0. The molecular weight excluding hydrogens is 256 g/mol. The monoisotopic (exact) mass is 282 g/mol. The highest BCUT2D eigenvalue weighted by atomic mass is 35.5. The summed E-state index contributed by atoms with van der Waals surface area (Å²) in [6, 6.07) is 7.05. The maximum Gasteiger partial charge on any atom is 0.0459 e. The van der Waals surface area contributed by atoms with Gasteiger partial charge in [0, 0.05) is 29.3 Å². The van der Waals surface area contributed by atoms with Gasteiger partial charge >= 0.3 is 0 Å². The van der Waals surface area contributed by atoms with Gasteiger partial charge in [0.2, 0.25) is 0 Å². The molecule has 0 aromatic heterocycles. The van der Waals surface area contributed by atoms with Crippen LogP contribution in [0.3, 0.4) is 0 Å². The number of benzene rings is 1. The summed E-state index contributed by atoms with van der Waals surface area (Å²) in [6.45, 7) is 9.79. The topological polar surface area (TPSA) is 29.3 Å². The van der Waals surface area contributed by atoms with E-state index in [0.717, 1.165) is 36.4 Å². The molecule has 0 bridgehead atoms. The number of nitrogens with two attached hydrogens (primary N) is 1. The molecule has 19 heavy (non-hydrogen) atoms. The predicted molar refractivity (Wildman–Crippen MR) is 86.2 cm³/mol. The third kappa shape index (κ3) is 4.70. The molecule has 1 unspecified atom stereocenters. The van der Waals surface area contributed by atoms with Gasteiger partial charge in [-0.3, -0.25) is 0 Å². The Morgan fingerprint density at radius 2 is 1.95 bits per heavy atom. The maximum atomic E-state index is 6.40. The summed E-state index contributed by atoms with van der Waals surface area (Å²) in [5.74, 6) is 0. The third-order valence-corrected chi connectivity index (χ3v) is 3.81. The van der Waals surface area contributed by atoms with E-state index >= 15 is 0 Å². The number of rotatable bonds is 7. The molecule has 1 aromatic carbocycles. The highest BCUT2D eigenvalue weighted by Gasteiger charge is 2.12. The van der Waals surface area contributed by atoms with Crippen LogP contribution in [-0.4, -0.2) is 18.6 Å². The summed E-state index contributed by atoms with van der Waals surface area (Å²) >= 11 is 6.40. The minimum absolute atomic E-state index is 0.195. The summed E-state index contributed by atoms with van der Waals surface area (Å²) in [5.41, 5.74) is 8.36. The van der Waals surface area contributed by atoms with Gasteiger partial charge in [0.1, 0.15) is 0 Å². The van der Waals surface area contributed by atoms with Crippen LogP contribution in [0.25, 0.3) is 0 Å². The molecule has 0 heterocycles. The van der Waals surface area contributed by atoms with Crippen LogP contribution in [-0.2, 0) is 6.42 Å². The van der Waals surface area contributed by atoms with E-state index in [-0.39, 0.29) is 6.04 Å². The smallest absolute Gasteiger partial charge is 0.0459 e. The van der Waals surface area contributed by atoms with Crippen molar-refractivity contribution >= 4 is 17.3 Å². The Morgan fingerprint density at radius 1 is 1.26 bits per heavy atom. The van der Waals surface area contributed by atoms with Crippen molar-refractivity contribution < 1.29 is 0 Å². The first kappa shape index (κ1) is 16.3. The van der Waals surface area contributed by atoms with Crippen LogP contribution in [0.5, 0.6) is 0 Å². The van der Waals surface area contributed by atoms with Gasteiger partial charge in [-0.1, -0.05) is 31.5 Å². The molecule has 1 rings (SSSR count). The zero-order chi connectivity index (χ0) is 14.4. The van der Waals surface area contributed by atoms with Gasteiger partial charge in [-0.05, 0) is 50.8 Å². The number of hydrogen-bond donors (Lipinski definition) is 1. The second kappa shape index (κ2) is 7.76. The van der Waals surface area contributed by atoms with E-state index in [0.29, 0.717) is 6.04 Å². The van der Waals surface area contributed by atoms with E-state index in [2.05, 4.69) is 50.8 Å². The van der Waals surface area contributed by atoms with Crippen molar-refractivity contribution in [3.8, 4) is 0 Å². The first-order chi connectivity index (χ1) is 8.99. The van der Waals surface area contributed by atoms with Crippen molar-refractivity contribution in [1.29, 1.82) is 0 Å². The first-order valence-electron chi connectivity index (χ1n) is 7.30. The number of hydrogen-bond acceptors (Lipinski definition) is 2. The fraction of sp³-hybridized carbons (Fsp3) is 0.625. The Bertz CT molecular complexity index is 390. The summed E-state index contributed by atoms with van der Waals surface area (Å²) in [4.78, 5) is 2.38. The van der Waals surface area contributed by atoms with Gasteiger partial charge in [-0.2, -0.15) is 0 Å². The van der Waals surface area contributed by atoms with Crippen LogP contribution in [0, 0.1) is 0 Å². The van der Waals surface area contributed by atoms with Crippen molar-refractivity contribution in [1.82, 2.24) is 0 Å². The van der Waals surface area contributed by atoms with Crippen molar-refractivity contribution in [3.63, 3.8) is 0 Å². The van der Waals surface area contributed by atoms with Gasteiger partial charge in [0.05, 0.1) is 0 Å². The SMILES string of the molecule is CCCN(c1ccc(CC(N)CC)c(Cl)c1)C(C)C. The molecule has 0 aliphatic heterocycles. The molecule has 0 aliphatic carbocycles. The first-order valence-corrected chi connectivity index (χ1v) is 7.68. The number of halogens is 1. The Kier molecular flexibility index (Phi) is 6.67. The second-order valence-corrected chi connectivity index (χ2v) is 5.84. The van der Waals surface area contributed by atoms with E-state index in [1.807, 2.05) is 0 Å². The minimum Gasteiger partial charge on any atom is -0.369 e. The average molecular weight is 283 g/mol. The van der Waals surface area contributed by atoms with Gasteiger partial charge in [0.25, 0.3) is 0 Å². The quantitative estimate of drug-likeness (QED) is 0.810. The molecule has 0 amide bonds. The molecule has 0 aliphatic rings.